The Kier molecular flexibility index (Phi) is 8.24. The Morgan fingerprint density at radius 3 is 2.64 bits per heavy atom. The van der Waals surface area contributed by atoms with Gasteiger partial charge in [-0.25, -0.2) is 4.39 Å². The van der Waals surface area contributed by atoms with E-state index in [2.05, 4.69) is 5.32 Å². The zero-order chi connectivity index (χ0) is 23.2. The Hall–Kier alpha value is -2.14. The van der Waals surface area contributed by atoms with E-state index in [0.29, 0.717) is 35.6 Å². The summed E-state index contributed by atoms with van der Waals surface area (Å²) < 4.78 is 19.0. The monoisotopic (exact) mass is 487 g/mol. The van der Waals surface area contributed by atoms with Gasteiger partial charge in [0.1, 0.15) is 11.6 Å². The van der Waals surface area contributed by atoms with Crippen molar-refractivity contribution in [3.63, 3.8) is 0 Å². The predicted octanol–water partition coefficient (Wildman–Crippen LogP) is 7.33. The molecule has 1 aliphatic carbocycles. The van der Waals surface area contributed by atoms with Gasteiger partial charge in [0, 0.05) is 23.1 Å². The van der Waals surface area contributed by atoms with Gasteiger partial charge < -0.3 is 10.1 Å². The Balaban J connectivity index is 1.14. The van der Waals surface area contributed by atoms with Crippen LogP contribution in [0.4, 0.5) is 4.39 Å². The molecular weight excluding hydrogens is 460 g/mol. The Labute approximate surface area is 204 Å². The average Bonchev–Trinajstić information content (AvgIpc) is 3.25. The molecule has 2 atom stereocenters. The van der Waals surface area contributed by atoms with Gasteiger partial charge in [-0.2, -0.15) is 0 Å². The van der Waals surface area contributed by atoms with Crippen molar-refractivity contribution in [1.82, 2.24) is 5.32 Å². The first kappa shape index (κ1) is 24.0. The van der Waals surface area contributed by atoms with Gasteiger partial charge in [0.25, 0.3) is 0 Å². The summed E-state index contributed by atoms with van der Waals surface area (Å²) >= 11 is 11.7. The molecule has 3 aromatic carbocycles. The fourth-order valence-corrected chi connectivity index (χ4v) is 4.88. The van der Waals surface area contributed by atoms with Gasteiger partial charge in [-0.05, 0) is 91.7 Å². The number of hydrogen-bond donors (Lipinski definition) is 1. The lowest BCUT2D eigenvalue weighted by atomic mass is 9.94. The quantitative estimate of drug-likeness (QED) is 0.240. The number of fused-ring (bicyclic) bond motifs is 1. The molecule has 1 fully saturated rings. The van der Waals surface area contributed by atoms with E-state index >= 15 is 0 Å². The lowest BCUT2D eigenvalue weighted by Gasteiger charge is -2.13. The maximum Gasteiger partial charge on any atom is 0.163 e. The molecule has 1 saturated carbocycles. The van der Waals surface area contributed by atoms with Crippen LogP contribution in [0.2, 0.25) is 10.0 Å². The van der Waals surface area contributed by atoms with Crippen molar-refractivity contribution >= 4 is 39.8 Å². The molecule has 1 N–H and O–H groups in total. The van der Waals surface area contributed by atoms with Crippen molar-refractivity contribution in [1.29, 1.82) is 0 Å². The molecule has 33 heavy (non-hydrogen) atoms. The molecule has 0 radical (unpaired) electrons. The number of benzene rings is 3. The van der Waals surface area contributed by atoms with Gasteiger partial charge in [-0.1, -0.05) is 41.4 Å². The van der Waals surface area contributed by atoms with Crippen molar-refractivity contribution in [2.45, 2.75) is 32.1 Å². The summed E-state index contributed by atoms with van der Waals surface area (Å²) in [7, 11) is 0. The Morgan fingerprint density at radius 2 is 1.79 bits per heavy atom. The van der Waals surface area contributed by atoms with Crippen LogP contribution in [0.15, 0.2) is 54.6 Å². The summed E-state index contributed by atoms with van der Waals surface area (Å²) in [4.78, 5) is 12.8. The van der Waals surface area contributed by atoms with Gasteiger partial charge in [-0.3, -0.25) is 4.79 Å². The third-order valence-corrected chi connectivity index (χ3v) is 6.88. The molecule has 174 valence electrons. The van der Waals surface area contributed by atoms with Crippen molar-refractivity contribution in [2.75, 3.05) is 19.7 Å². The minimum absolute atomic E-state index is 0.100. The first-order valence-corrected chi connectivity index (χ1v) is 12.2. The van der Waals surface area contributed by atoms with Crippen molar-refractivity contribution < 1.29 is 13.9 Å². The Morgan fingerprint density at radius 1 is 1.00 bits per heavy atom. The van der Waals surface area contributed by atoms with Gasteiger partial charge in [-0.15, -0.1) is 0 Å². The zero-order valence-corrected chi connectivity index (χ0v) is 20.0. The molecule has 0 amide bonds. The molecule has 0 saturated heterocycles. The number of ketones is 1. The highest BCUT2D eigenvalue weighted by molar-refractivity contribution is 6.31. The minimum Gasteiger partial charge on any atom is -0.493 e. The molecule has 0 heterocycles. The van der Waals surface area contributed by atoms with E-state index in [1.54, 1.807) is 6.07 Å². The SMILES string of the molecule is O=C(CC1CCC(CNCCCOc2ccc(Cl)c(F)c2)C1)c1ccc2cc(Cl)ccc2c1. The van der Waals surface area contributed by atoms with Crippen LogP contribution < -0.4 is 10.1 Å². The fraction of sp³-hybridized carbons (Fsp3) is 0.370. The van der Waals surface area contributed by atoms with Crippen LogP contribution >= 0.6 is 23.2 Å². The number of halogens is 3. The number of carbonyl (C=O) groups is 1. The van der Waals surface area contributed by atoms with E-state index < -0.39 is 5.82 Å². The first-order chi connectivity index (χ1) is 16.0. The van der Waals surface area contributed by atoms with Crippen molar-refractivity contribution in [3.8, 4) is 5.75 Å². The maximum atomic E-state index is 13.4. The minimum atomic E-state index is -0.466. The molecular formula is C27H28Cl2FNO2. The van der Waals surface area contributed by atoms with Gasteiger partial charge in [0.05, 0.1) is 11.6 Å². The van der Waals surface area contributed by atoms with Gasteiger partial charge in [0.2, 0.25) is 0 Å². The predicted molar refractivity (Wildman–Crippen MR) is 133 cm³/mol. The van der Waals surface area contributed by atoms with Gasteiger partial charge in [0.15, 0.2) is 5.78 Å². The molecule has 0 aliphatic heterocycles. The summed E-state index contributed by atoms with van der Waals surface area (Å²) in [6.07, 6.45) is 4.80. The molecule has 3 aromatic rings. The third kappa shape index (κ3) is 6.69. The van der Waals surface area contributed by atoms with E-state index in [1.165, 1.54) is 12.1 Å². The zero-order valence-electron chi connectivity index (χ0n) is 18.5. The number of Topliss-reactive ketones (excluding diaryl/α,β-unsaturated/α-hetero) is 1. The third-order valence-electron chi connectivity index (χ3n) is 6.34. The summed E-state index contributed by atoms with van der Waals surface area (Å²) in [5.41, 5.74) is 0.784. The van der Waals surface area contributed by atoms with E-state index in [4.69, 9.17) is 27.9 Å². The smallest absolute Gasteiger partial charge is 0.163 e. The highest BCUT2D eigenvalue weighted by Crippen LogP contribution is 2.34. The molecule has 2 unspecified atom stereocenters. The van der Waals surface area contributed by atoms with Crippen LogP contribution in [0.3, 0.4) is 0 Å². The standard InChI is InChI=1S/C27H28Cl2FNO2/c28-23-7-6-20-14-22(5-4-21(20)15-23)27(32)13-18-2-3-19(12-18)17-31-10-1-11-33-24-8-9-25(29)26(30)16-24/h4-9,14-16,18-19,31H,1-3,10-13,17H2. The second-order valence-corrected chi connectivity index (χ2v) is 9.70. The van der Waals surface area contributed by atoms with E-state index in [0.717, 1.165) is 55.1 Å². The molecule has 0 bridgehead atoms. The van der Waals surface area contributed by atoms with E-state index in [9.17, 15) is 9.18 Å². The number of carbonyl (C=O) groups excluding carboxylic acids is 1. The van der Waals surface area contributed by atoms with Crippen LogP contribution in [-0.4, -0.2) is 25.5 Å². The topological polar surface area (TPSA) is 38.3 Å². The summed E-state index contributed by atoms with van der Waals surface area (Å²) in [5.74, 6) is 1.31. The van der Waals surface area contributed by atoms with Crippen LogP contribution in [0.5, 0.6) is 5.75 Å². The lowest BCUT2D eigenvalue weighted by molar-refractivity contribution is 0.0961. The second-order valence-electron chi connectivity index (χ2n) is 8.86. The first-order valence-electron chi connectivity index (χ1n) is 11.5. The van der Waals surface area contributed by atoms with E-state index in [1.807, 2.05) is 36.4 Å². The number of hydrogen-bond acceptors (Lipinski definition) is 3. The molecule has 6 heteroatoms. The van der Waals surface area contributed by atoms with Crippen molar-refractivity contribution in [3.05, 3.63) is 76.0 Å². The molecule has 3 nitrogen and oxygen atoms in total. The molecule has 1 aliphatic rings. The van der Waals surface area contributed by atoms with Crippen LogP contribution in [0, 0.1) is 17.7 Å². The van der Waals surface area contributed by atoms with Crippen molar-refractivity contribution in [2.24, 2.45) is 11.8 Å². The Bertz CT molecular complexity index is 1120. The lowest BCUT2D eigenvalue weighted by Crippen LogP contribution is -2.23. The number of rotatable bonds is 10. The van der Waals surface area contributed by atoms with Gasteiger partial charge >= 0.3 is 0 Å². The van der Waals surface area contributed by atoms with Crippen LogP contribution in [-0.2, 0) is 0 Å². The molecule has 0 spiro atoms. The normalized spacial score (nSPS) is 18.0. The fourth-order valence-electron chi connectivity index (χ4n) is 4.58. The largest absolute Gasteiger partial charge is 0.493 e. The second kappa shape index (κ2) is 11.3. The summed E-state index contributed by atoms with van der Waals surface area (Å²) in [6, 6.07) is 16.1. The van der Waals surface area contributed by atoms with Crippen LogP contribution in [0.25, 0.3) is 10.8 Å². The van der Waals surface area contributed by atoms with Crippen LogP contribution in [0.1, 0.15) is 42.5 Å². The number of nitrogens with one attached hydrogen (secondary N) is 1. The molecule has 4 rings (SSSR count). The number of ether oxygens (including phenoxy) is 1. The average molecular weight is 488 g/mol. The summed E-state index contributed by atoms with van der Waals surface area (Å²) in [5, 5.41) is 6.40. The summed E-state index contributed by atoms with van der Waals surface area (Å²) in [6.45, 7) is 2.32. The molecule has 0 aromatic heterocycles. The highest BCUT2D eigenvalue weighted by atomic mass is 35.5. The maximum absolute atomic E-state index is 13.4. The van der Waals surface area contributed by atoms with E-state index in [-0.39, 0.29) is 10.8 Å². The highest BCUT2D eigenvalue weighted by Gasteiger charge is 2.26.